The number of nitrogens with zero attached hydrogens (tertiary/aromatic N) is 1. The molecule has 1 aromatic rings. The Morgan fingerprint density at radius 3 is 2.39 bits per heavy atom. The van der Waals surface area contributed by atoms with E-state index in [1.807, 2.05) is 11.3 Å². The van der Waals surface area contributed by atoms with E-state index in [1.54, 1.807) is 11.3 Å². The summed E-state index contributed by atoms with van der Waals surface area (Å²) in [6, 6.07) is 0. The molecule has 0 amide bonds. The fourth-order valence-electron chi connectivity index (χ4n) is 5.11. The largest absolute Gasteiger partial charge is 0.330 e. The molecule has 18 heavy (non-hydrogen) atoms. The Balaban J connectivity index is 1.60. The molecule has 4 saturated carbocycles. The topological polar surface area (TPSA) is 38.9 Å². The van der Waals surface area contributed by atoms with E-state index in [1.165, 1.54) is 30.7 Å². The zero-order chi connectivity index (χ0) is 12.1. The second-order valence-corrected chi connectivity index (χ2v) is 7.80. The average Bonchev–Trinajstić information content (AvgIpc) is 2.76. The smallest absolute Gasteiger partial charge is 0.0940 e. The van der Waals surface area contributed by atoms with Crippen LogP contribution in [0.2, 0.25) is 0 Å². The van der Waals surface area contributed by atoms with Crippen LogP contribution in [0.1, 0.15) is 47.9 Å². The first-order valence-electron chi connectivity index (χ1n) is 7.48. The van der Waals surface area contributed by atoms with Gasteiger partial charge < -0.3 is 5.73 Å². The molecule has 0 radical (unpaired) electrons. The van der Waals surface area contributed by atoms with E-state index in [2.05, 4.69) is 11.2 Å². The van der Waals surface area contributed by atoms with E-state index in [9.17, 15) is 0 Å². The molecule has 1 heterocycles. The van der Waals surface area contributed by atoms with E-state index in [0.29, 0.717) is 0 Å². The van der Waals surface area contributed by atoms with Gasteiger partial charge >= 0.3 is 0 Å². The van der Waals surface area contributed by atoms with Crippen molar-refractivity contribution in [3.8, 4) is 0 Å². The maximum atomic E-state index is 5.63. The van der Waals surface area contributed by atoms with Gasteiger partial charge in [0.2, 0.25) is 0 Å². The maximum Gasteiger partial charge on any atom is 0.0940 e. The number of aromatic nitrogens is 1. The van der Waals surface area contributed by atoms with E-state index in [0.717, 1.165) is 42.6 Å². The first kappa shape index (κ1) is 11.4. The average molecular weight is 262 g/mol. The van der Waals surface area contributed by atoms with Crippen LogP contribution in [0.15, 0.2) is 6.20 Å². The highest BCUT2D eigenvalue weighted by atomic mass is 32.1. The van der Waals surface area contributed by atoms with E-state index in [-0.39, 0.29) is 0 Å². The third kappa shape index (κ3) is 1.75. The molecule has 4 fully saturated rings. The zero-order valence-corrected chi connectivity index (χ0v) is 11.7. The van der Waals surface area contributed by atoms with Crippen molar-refractivity contribution >= 4 is 11.3 Å². The maximum absolute atomic E-state index is 5.63. The second kappa shape index (κ2) is 4.31. The third-order valence-electron chi connectivity index (χ3n) is 5.48. The van der Waals surface area contributed by atoms with Gasteiger partial charge in [-0.25, -0.2) is 4.98 Å². The lowest BCUT2D eigenvalue weighted by atomic mass is 9.52. The number of nitrogens with two attached hydrogens (primary N) is 1. The summed E-state index contributed by atoms with van der Waals surface area (Å²) in [5, 5.41) is 1.25. The number of thiazole rings is 1. The Labute approximate surface area is 113 Å². The highest BCUT2D eigenvalue weighted by Crippen LogP contribution is 2.60. The van der Waals surface area contributed by atoms with Gasteiger partial charge in [-0.1, -0.05) is 0 Å². The van der Waals surface area contributed by atoms with Crippen molar-refractivity contribution in [1.29, 1.82) is 0 Å². The summed E-state index contributed by atoms with van der Waals surface area (Å²) in [6.07, 6.45) is 10.7. The summed E-state index contributed by atoms with van der Waals surface area (Å²) < 4.78 is 0. The van der Waals surface area contributed by atoms with Crippen LogP contribution >= 0.6 is 11.3 Å². The second-order valence-electron chi connectivity index (χ2n) is 6.65. The molecule has 0 spiro atoms. The molecule has 1 aromatic heterocycles. The molecule has 4 bridgehead atoms. The summed E-state index contributed by atoms with van der Waals surface area (Å²) in [5.41, 5.74) is 5.63. The quantitative estimate of drug-likeness (QED) is 0.908. The third-order valence-corrected chi connectivity index (χ3v) is 6.64. The van der Waals surface area contributed by atoms with Crippen LogP contribution in [0.25, 0.3) is 0 Å². The van der Waals surface area contributed by atoms with Crippen LogP contribution in [0, 0.1) is 23.7 Å². The molecule has 0 atom stereocenters. The van der Waals surface area contributed by atoms with Gasteiger partial charge in [-0.05, 0) is 62.3 Å². The summed E-state index contributed by atoms with van der Waals surface area (Å²) in [4.78, 5) is 6.15. The van der Waals surface area contributed by atoms with Crippen molar-refractivity contribution in [2.24, 2.45) is 29.4 Å². The summed E-state index contributed by atoms with van der Waals surface area (Å²) in [7, 11) is 0. The highest BCUT2D eigenvalue weighted by molar-refractivity contribution is 7.11. The van der Waals surface area contributed by atoms with Crippen LogP contribution in [0.3, 0.4) is 0 Å². The SMILES string of the molecule is NCCc1ncc(C2C3CC4CC(C3)CC2C4)s1. The Morgan fingerprint density at radius 1 is 1.11 bits per heavy atom. The fourth-order valence-corrected chi connectivity index (χ4v) is 6.33. The van der Waals surface area contributed by atoms with E-state index >= 15 is 0 Å². The Hall–Kier alpha value is -0.410. The van der Waals surface area contributed by atoms with Gasteiger partial charge in [-0.15, -0.1) is 11.3 Å². The monoisotopic (exact) mass is 262 g/mol. The van der Waals surface area contributed by atoms with Crippen LogP contribution < -0.4 is 5.73 Å². The molecule has 2 N–H and O–H groups in total. The van der Waals surface area contributed by atoms with Gasteiger partial charge in [-0.3, -0.25) is 0 Å². The standard InChI is InChI=1S/C15H22N2S/c16-2-1-14-17-8-13(18-14)15-11-4-9-3-10(6-11)7-12(15)5-9/h8-12,15H,1-7,16H2. The van der Waals surface area contributed by atoms with E-state index in [4.69, 9.17) is 5.73 Å². The molecule has 98 valence electrons. The lowest BCUT2D eigenvalue weighted by molar-refractivity contribution is -0.00167. The summed E-state index contributed by atoms with van der Waals surface area (Å²) in [6.45, 7) is 0.731. The van der Waals surface area contributed by atoms with Crippen molar-refractivity contribution in [3.05, 3.63) is 16.1 Å². The molecular formula is C15H22N2S. The van der Waals surface area contributed by atoms with Gasteiger partial charge in [0, 0.05) is 23.4 Å². The number of hydrogen-bond acceptors (Lipinski definition) is 3. The molecule has 0 unspecified atom stereocenters. The van der Waals surface area contributed by atoms with Crippen molar-refractivity contribution in [3.63, 3.8) is 0 Å². The van der Waals surface area contributed by atoms with Crippen LogP contribution in [0.4, 0.5) is 0 Å². The minimum absolute atomic E-state index is 0.731. The van der Waals surface area contributed by atoms with Gasteiger partial charge in [0.25, 0.3) is 0 Å². The van der Waals surface area contributed by atoms with Crippen molar-refractivity contribution < 1.29 is 0 Å². The molecule has 0 saturated heterocycles. The van der Waals surface area contributed by atoms with Crippen molar-refractivity contribution in [2.75, 3.05) is 6.54 Å². The predicted octanol–water partition coefficient (Wildman–Crippen LogP) is 3.18. The minimum atomic E-state index is 0.731. The lowest BCUT2D eigenvalue weighted by Gasteiger charge is -2.54. The molecule has 0 aliphatic heterocycles. The fraction of sp³-hybridized carbons (Fsp3) is 0.800. The Kier molecular flexibility index (Phi) is 2.73. The molecule has 3 heteroatoms. The number of hydrogen-bond donors (Lipinski definition) is 1. The lowest BCUT2D eigenvalue weighted by Crippen LogP contribution is -2.43. The Morgan fingerprint density at radius 2 is 1.78 bits per heavy atom. The van der Waals surface area contributed by atoms with Crippen LogP contribution in [0.5, 0.6) is 0 Å². The van der Waals surface area contributed by atoms with E-state index < -0.39 is 0 Å². The van der Waals surface area contributed by atoms with Gasteiger partial charge in [0.15, 0.2) is 0 Å². The molecular weight excluding hydrogens is 240 g/mol. The van der Waals surface area contributed by atoms with Crippen LogP contribution in [-0.2, 0) is 6.42 Å². The molecule has 5 rings (SSSR count). The highest BCUT2D eigenvalue weighted by Gasteiger charge is 2.49. The first-order chi connectivity index (χ1) is 8.83. The van der Waals surface area contributed by atoms with Crippen LogP contribution in [-0.4, -0.2) is 11.5 Å². The molecule has 4 aliphatic carbocycles. The molecule has 2 nitrogen and oxygen atoms in total. The van der Waals surface area contributed by atoms with Gasteiger partial charge in [0.1, 0.15) is 0 Å². The first-order valence-corrected chi connectivity index (χ1v) is 8.29. The van der Waals surface area contributed by atoms with Crippen molar-refractivity contribution in [2.45, 2.75) is 44.4 Å². The van der Waals surface area contributed by atoms with Crippen molar-refractivity contribution in [1.82, 2.24) is 4.98 Å². The van der Waals surface area contributed by atoms with Gasteiger partial charge in [-0.2, -0.15) is 0 Å². The van der Waals surface area contributed by atoms with Gasteiger partial charge in [0.05, 0.1) is 5.01 Å². The molecule has 0 aromatic carbocycles. The summed E-state index contributed by atoms with van der Waals surface area (Å²) >= 11 is 1.95. The number of rotatable bonds is 3. The summed E-state index contributed by atoms with van der Waals surface area (Å²) in [5.74, 6) is 4.95. The zero-order valence-electron chi connectivity index (χ0n) is 10.8. The Bertz CT molecular complexity index is 411. The minimum Gasteiger partial charge on any atom is -0.330 e. The molecule has 4 aliphatic rings. The predicted molar refractivity (Wildman–Crippen MR) is 74.7 cm³/mol. The normalized spacial score (nSPS) is 41.5.